The van der Waals surface area contributed by atoms with E-state index in [2.05, 4.69) is 16.0 Å². The standard InChI is InChI=1S/C23H23ClN4O3/c1-30-13-31-23-15(10-25)3-2-4-16(23)14-5-6-20-17(9-14)22(18(24)11-27-20)28-8-7-19(26)21(29)12-28/h2-6,9,11,19,21,29H,7-8,12-13,26H2,1H3/t19-,21+/m0/s1. The number of nitriles is 1. The van der Waals surface area contributed by atoms with Gasteiger partial charge in [0, 0.05) is 43.4 Å². The van der Waals surface area contributed by atoms with Gasteiger partial charge in [0.05, 0.1) is 27.9 Å². The van der Waals surface area contributed by atoms with E-state index >= 15 is 0 Å². The number of ether oxygens (including phenoxy) is 2. The van der Waals surface area contributed by atoms with E-state index < -0.39 is 6.10 Å². The van der Waals surface area contributed by atoms with Crippen LogP contribution in [0.15, 0.2) is 42.6 Å². The minimum absolute atomic E-state index is 0.0316. The average Bonchev–Trinajstić information content (AvgIpc) is 2.79. The number of pyridine rings is 1. The lowest BCUT2D eigenvalue weighted by molar-refractivity contribution is 0.0513. The Kier molecular flexibility index (Phi) is 6.25. The number of halogens is 1. The Balaban J connectivity index is 1.85. The number of anilines is 1. The van der Waals surface area contributed by atoms with Crippen LogP contribution in [0.1, 0.15) is 12.0 Å². The maximum atomic E-state index is 10.3. The van der Waals surface area contributed by atoms with Crippen LogP contribution in [0, 0.1) is 11.3 Å². The number of aliphatic hydroxyl groups is 1. The number of fused-ring (bicyclic) bond motifs is 1. The van der Waals surface area contributed by atoms with Crippen molar-refractivity contribution < 1.29 is 14.6 Å². The second-order valence-electron chi connectivity index (χ2n) is 7.50. The highest BCUT2D eigenvalue weighted by molar-refractivity contribution is 6.34. The van der Waals surface area contributed by atoms with Crippen molar-refractivity contribution in [3.05, 3.63) is 53.2 Å². The van der Waals surface area contributed by atoms with Gasteiger partial charge in [-0.05, 0) is 30.2 Å². The van der Waals surface area contributed by atoms with Gasteiger partial charge in [-0.1, -0.05) is 29.8 Å². The van der Waals surface area contributed by atoms with Crippen molar-refractivity contribution in [3.8, 4) is 22.9 Å². The van der Waals surface area contributed by atoms with E-state index in [9.17, 15) is 10.4 Å². The molecule has 0 spiro atoms. The SMILES string of the molecule is COCOc1c(C#N)cccc1-c1ccc2ncc(Cl)c(N3CC[C@H](N)[C@H](O)C3)c2c1. The molecule has 0 radical (unpaired) electrons. The maximum Gasteiger partial charge on any atom is 0.188 e. The highest BCUT2D eigenvalue weighted by Crippen LogP contribution is 2.39. The topological polar surface area (TPSA) is 105 Å². The maximum absolute atomic E-state index is 10.3. The minimum Gasteiger partial charge on any atom is -0.466 e. The molecule has 2 aromatic carbocycles. The first kappa shape index (κ1) is 21.3. The lowest BCUT2D eigenvalue weighted by Crippen LogP contribution is -2.50. The second-order valence-corrected chi connectivity index (χ2v) is 7.90. The molecule has 0 bridgehead atoms. The quantitative estimate of drug-likeness (QED) is 0.589. The van der Waals surface area contributed by atoms with Crippen LogP contribution < -0.4 is 15.4 Å². The van der Waals surface area contributed by atoms with Gasteiger partial charge < -0.3 is 25.2 Å². The smallest absolute Gasteiger partial charge is 0.188 e. The molecule has 31 heavy (non-hydrogen) atoms. The van der Waals surface area contributed by atoms with Crippen LogP contribution in [-0.4, -0.2) is 49.2 Å². The number of aliphatic hydroxyl groups excluding tert-OH is 1. The number of nitrogens with two attached hydrogens (primary N) is 1. The molecule has 2 atom stereocenters. The molecule has 0 unspecified atom stereocenters. The van der Waals surface area contributed by atoms with Crippen molar-refractivity contribution in [1.82, 2.24) is 4.98 Å². The summed E-state index contributed by atoms with van der Waals surface area (Å²) < 4.78 is 10.8. The van der Waals surface area contributed by atoms with E-state index in [1.165, 1.54) is 7.11 Å². The first-order valence-corrected chi connectivity index (χ1v) is 10.3. The lowest BCUT2D eigenvalue weighted by atomic mass is 9.98. The van der Waals surface area contributed by atoms with Gasteiger partial charge in [-0.2, -0.15) is 5.26 Å². The largest absolute Gasteiger partial charge is 0.466 e. The Morgan fingerprint density at radius 2 is 2.19 bits per heavy atom. The third kappa shape index (κ3) is 4.16. The van der Waals surface area contributed by atoms with Crippen LogP contribution in [0.5, 0.6) is 5.75 Å². The number of hydrogen-bond acceptors (Lipinski definition) is 7. The Morgan fingerprint density at radius 3 is 2.94 bits per heavy atom. The number of aromatic nitrogens is 1. The van der Waals surface area contributed by atoms with Gasteiger partial charge in [0.15, 0.2) is 6.79 Å². The molecular formula is C23H23ClN4O3. The molecule has 1 aliphatic heterocycles. The van der Waals surface area contributed by atoms with E-state index in [0.29, 0.717) is 35.8 Å². The zero-order valence-electron chi connectivity index (χ0n) is 17.1. The molecule has 160 valence electrons. The Labute approximate surface area is 185 Å². The highest BCUT2D eigenvalue weighted by atomic mass is 35.5. The molecule has 0 saturated carbocycles. The summed E-state index contributed by atoms with van der Waals surface area (Å²) in [6.45, 7) is 1.12. The van der Waals surface area contributed by atoms with Gasteiger partial charge in [-0.15, -0.1) is 0 Å². The molecular weight excluding hydrogens is 416 g/mol. The number of piperidine rings is 1. The fourth-order valence-electron chi connectivity index (χ4n) is 3.92. The number of hydrogen-bond donors (Lipinski definition) is 2. The highest BCUT2D eigenvalue weighted by Gasteiger charge is 2.27. The average molecular weight is 439 g/mol. The number of benzene rings is 2. The summed E-state index contributed by atoms with van der Waals surface area (Å²) in [5.74, 6) is 0.460. The molecule has 1 aliphatic rings. The summed E-state index contributed by atoms with van der Waals surface area (Å²) >= 11 is 6.57. The van der Waals surface area contributed by atoms with Gasteiger partial charge in [0.1, 0.15) is 11.8 Å². The Bertz CT molecular complexity index is 1150. The van der Waals surface area contributed by atoms with Crippen molar-refractivity contribution >= 4 is 28.2 Å². The normalized spacial score (nSPS) is 18.7. The fraction of sp³-hybridized carbons (Fsp3) is 0.304. The van der Waals surface area contributed by atoms with Crippen molar-refractivity contribution in [2.24, 2.45) is 5.73 Å². The summed E-state index contributed by atoms with van der Waals surface area (Å²) in [7, 11) is 1.53. The Morgan fingerprint density at radius 1 is 1.35 bits per heavy atom. The predicted octanol–water partition coefficient (Wildman–Crippen LogP) is 3.31. The van der Waals surface area contributed by atoms with Crippen molar-refractivity contribution in [3.63, 3.8) is 0 Å². The first-order valence-electron chi connectivity index (χ1n) is 9.95. The van der Waals surface area contributed by atoms with E-state index in [1.54, 1.807) is 12.3 Å². The number of nitrogens with zero attached hydrogens (tertiary/aromatic N) is 3. The van der Waals surface area contributed by atoms with Crippen LogP contribution in [0.3, 0.4) is 0 Å². The molecule has 7 nitrogen and oxygen atoms in total. The van der Waals surface area contributed by atoms with Crippen molar-refractivity contribution in [2.75, 3.05) is 31.9 Å². The summed E-state index contributed by atoms with van der Waals surface area (Å²) in [6, 6.07) is 13.2. The zero-order valence-corrected chi connectivity index (χ0v) is 17.8. The van der Waals surface area contributed by atoms with Crippen LogP contribution in [0.4, 0.5) is 5.69 Å². The molecule has 1 fully saturated rings. The summed E-state index contributed by atoms with van der Waals surface area (Å²) in [5, 5.41) is 21.2. The third-order valence-electron chi connectivity index (χ3n) is 5.51. The van der Waals surface area contributed by atoms with Crippen LogP contribution in [-0.2, 0) is 4.74 Å². The molecule has 3 N–H and O–H groups in total. The van der Waals surface area contributed by atoms with Gasteiger partial charge in [0.25, 0.3) is 0 Å². The van der Waals surface area contributed by atoms with E-state index in [-0.39, 0.29) is 12.8 Å². The predicted molar refractivity (Wildman–Crippen MR) is 120 cm³/mol. The molecule has 8 heteroatoms. The first-order chi connectivity index (χ1) is 15.0. The number of β-amino-alcohol motifs (C(OH)–C–C–N with tert-alkyl or cyclic N) is 1. The summed E-state index contributed by atoms with van der Waals surface area (Å²) in [5.41, 5.74) is 9.62. The van der Waals surface area contributed by atoms with Crippen LogP contribution >= 0.6 is 11.6 Å². The fourth-order valence-corrected chi connectivity index (χ4v) is 4.19. The van der Waals surface area contributed by atoms with E-state index in [0.717, 1.165) is 27.7 Å². The van der Waals surface area contributed by atoms with Gasteiger partial charge in [0.2, 0.25) is 0 Å². The number of methoxy groups -OCH3 is 1. The number of para-hydroxylation sites is 1. The third-order valence-corrected chi connectivity index (χ3v) is 5.79. The van der Waals surface area contributed by atoms with E-state index in [1.807, 2.05) is 30.3 Å². The van der Waals surface area contributed by atoms with Gasteiger partial charge in [-0.3, -0.25) is 4.98 Å². The van der Waals surface area contributed by atoms with Crippen LogP contribution in [0.2, 0.25) is 5.02 Å². The van der Waals surface area contributed by atoms with Gasteiger partial charge in [-0.25, -0.2) is 0 Å². The van der Waals surface area contributed by atoms with Gasteiger partial charge >= 0.3 is 0 Å². The summed E-state index contributed by atoms with van der Waals surface area (Å²) in [6.07, 6.45) is 1.67. The second kappa shape index (κ2) is 9.08. The molecule has 1 saturated heterocycles. The van der Waals surface area contributed by atoms with Crippen molar-refractivity contribution in [2.45, 2.75) is 18.6 Å². The molecule has 0 amide bonds. The molecule has 0 aliphatic carbocycles. The summed E-state index contributed by atoms with van der Waals surface area (Å²) in [4.78, 5) is 6.52. The Hall–Kier alpha value is -2.89. The molecule has 4 rings (SSSR count). The lowest BCUT2D eigenvalue weighted by Gasteiger charge is -2.36. The number of rotatable bonds is 5. The molecule has 1 aromatic heterocycles. The van der Waals surface area contributed by atoms with Crippen LogP contribution in [0.25, 0.3) is 22.0 Å². The van der Waals surface area contributed by atoms with Crippen molar-refractivity contribution in [1.29, 1.82) is 5.26 Å². The molecule has 3 aromatic rings. The zero-order chi connectivity index (χ0) is 22.0. The molecule has 2 heterocycles. The minimum atomic E-state index is -0.627. The van der Waals surface area contributed by atoms with E-state index in [4.69, 9.17) is 26.8 Å². The monoisotopic (exact) mass is 438 g/mol.